The lowest BCUT2D eigenvalue weighted by Crippen LogP contribution is -2.38. The van der Waals surface area contributed by atoms with E-state index in [4.69, 9.17) is 4.74 Å². The Bertz CT molecular complexity index is 233. The maximum absolute atomic E-state index is 11.7. The average Bonchev–Trinajstić information content (AvgIpc) is 2.71. The van der Waals surface area contributed by atoms with Gasteiger partial charge < -0.3 is 10.1 Å². The molecule has 94 valence electrons. The van der Waals surface area contributed by atoms with Crippen molar-refractivity contribution >= 4 is 18.5 Å². The van der Waals surface area contributed by atoms with Gasteiger partial charge in [-0.2, -0.15) is 12.6 Å². The average molecular weight is 245 g/mol. The van der Waals surface area contributed by atoms with E-state index in [1.54, 1.807) is 0 Å². The number of thiol groups is 1. The van der Waals surface area contributed by atoms with Gasteiger partial charge in [0.05, 0.1) is 11.4 Å². The molecule has 3 atom stereocenters. The van der Waals surface area contributed by atoms with E-state index in [1.165, 1.54) is 0 Å². The lowest BCUT2D eigenvalue weighted by molar-refractivity contribution is -0.121. The molecule has 3 nitrogen and oxygen atoms in total. The summed E-state index contributed by atoms with van der Waals surface area (Å²) in [6, 6.07) is 0. The summed E-state index contributed by atoms with van der Waals surface area (Å²) in [5.41, 5.74) is 0. The quantitative estimate of drug-likeness (QED) is 0.726. The predicted molar refractivity (Wildman–Crippen MR) is 68.8 cm³/mol. The van der Waals surface area contributed by atoms with Gasteiger partial charge in [-0.3, -0.25) is 4.79 Å². The minimum Gasteiger partial charge on any atom is -0.378 e. The second-order valence-electron chi connectivity index (χ2n) is 4.80. The molecule has 0 saturated carbocycles. The standard InChI is InChI=1S/C12H23NO2S/c1-4-10-9(5-6-15-10)7-13-12(14)11(16)8(2)3/h8-11,16H,4-7H2,1-3H3,(H,13,14). The molecule has 1 rings (SSSR count). The molecule has 0 spiro atoms. The molecule has 1 fully saturated rings. The molecule has 4 heteroatoms. The van der Waals surface area contributed by atoms with Crippen molar-refractivity contribution < 1.29 is 9.53 Å². The molecule has 0 bridgehead atoms. The van der Waals surface area contributed by atoms with E-state index in [0.29, 0.717) is 12.0 Å². The fourth-order valence-corrected chi connectivity index (χ4v) is 2.11. The summed E-state index contributed by atoms with van der Waals surface area (Å²) in [6.45, 7) is 7.69. The van der Waals surface area contributed by atoms with Crippen LogP contribution in [-0.4, -0.2) is 30.4 Å². The van der Waals surface area contributed by atoms with Crippen LogP contribution >= 0.6 is 12.6 Å². The van der Waals surface area contributed by atoms with Gasteiger partial charge in [-0.1, -0.05) is 20.8 Å². The van der Waals surface area contributed by atoms with Crippen LogP contribution in [0.15, 0.2) is 0 Å². The van der Waals surface area contributed by atoms with Gasteiger partial charge in [0.2, 0.25) is 5.91 Å². The molecule has 0 radical (unpaired) electrons. The maximum atomic E-state index is 11.7. The summed E-state index contributed by atoms with van der Waals surface area (Å²) in [5, 5.41) is 2.77. The van der Waals surface area contributed by atoms with Crippen molar-refractivity contribution in [3.05, 3.63) is 0 Å². The lowest BCUT2D eigenvalue weighted by atomic mass is 9.99. The minimum absolute atomic E-state index is 0.0417. The van der Waals surface area contributed by atoms with E-state index in [1.807, 2.05) is 13.8 Å². The molecule has 1 saturated heterocycles. The van der Waals surface area contributed by atoms with Gasteiger partial charge in [0, 0.05) is 19.1 Å². The molecule has 3 unspecified atom stereocenters. The number of hydrogen-bond donors (Lipinski definition) is 2. The summed E-state index contributed by atoms with van der Waals surface area (Å²) in [4.78, 5) is 11.7. The lowest BCUT2D eigenvalue weighted by Gasteiger charge is -2.19. The Labute approximate surface area is 104 Å². The minimum atomic E-state index is -0.206. The van der Waals surface area contributed by atoms with Crippen molar-refractivity contribution in [2.24, 2.45) is 11.8 Å². The molecule has 1 N–H and O–H groups in total. The van der Waals surface area contributed by atoms with Crippen molar-refractivity contribution in [2.75, 3.05) is 13.2 Å². The van der Waals surface area contributed by atoms with E-state index in [2.05, 4.69) is 24.9 Å². The first-order chi connectivity index (χ1) is 7.56. The molecule has 1 amide bonds. The topological polar surface area (TPSA) is 38.3 Å². The number of ether oxygens (including phenoxy) is 1. The van der Waals surface area contributed by atoms with Crippen molar-refractivity contribution in [1.82, 2.24) is 5.32 Å². The van der Waals surface area contributed by atoms with Crippen LogP contribution in [0.3, 0.4) is 0 Å². The van der Waals surface area contributed by atoms with Crippen LogP contribution in [0.4, 0.5) is 0 Å². The zero-order valence-corrected chi connectivity index (χ0v) is 11.3. The van der Waals surface area contributed by atoms with Crippen molar-refractivity contribution in [1.29, 1.82) is 0 Å². The van der Waals surface area contributed by atoms with Crippen LogP contribution in [0, 0.1) is 11.8 Å². The van der Waals surface area contributed by atoms with Gasteiger partial charge in [-0.15, -0.1) is 0 Å². The predicted octanol–water partition coefficient (Wildman–Crippen LogP) is 1.87. The van der Waals surface area contributed by atoms with Crippen molar-refractivity contribution in [2.45, 2.75) is 45.0 Å². The monoisotopic (exact) mass is 245 g/mol. The second kappa shape index (κ2) is 6.50. The van der Waals surface area contributed by atoms with E-state index in [0.717, 1.165) is 26.0 Å². The van der Waals surface area contributed by atoms with Gasteiger partial charge in [-0.05, 0) is 18.8 Å². The molecule has 1 heterocycles. The Morgan fingerprint density at radius 3 is 2.81 bits per heavy atom. The maximum Gasteiger partial charge on any atom is 0.233 e. The summed E-state index contributed by atoms with van der Waals surface area (Å²) in [5.74, 6) is 0.784. The van der Waals surface area contributed by atoms with E-state index in [9.17, 15) is 4.79 Å². The first-order valence-corrected chi connectivity index (χ1v) is 6.65. The third-order valence-corrected chi connectivity index (χ3v) is 4.02. The first-order valence-electron chi connectivity index (χ1n) is 6.13. The zero-order chi connectivity index (χ0) is 12.1. The molecule has 1 aliphatic rings. The highest BCUT2D eigenvalue weighted by molar-refractivity contribution is 7.81. The second-order valence-corrected chi connectivity index (χ2v) is 5.36. The number of carbonyl (C=O) groups excluding carboxylic acids is 1. The van der Waals surface area contributed by atoms with Gasteiger partial charge >= 0.3 is 0 Å². The van der Waals surface area contributed by atoms with E-state index >= 15 is 0 Å². The van der Waals surface area contributed by atoms with E-state index < -0.39 is 0 Å². The number of carbonyl (C=O) groups is 1. The van der Waals surface area contributed by atoms with Crippen molar-refractivity contribution in [3.8, 4) is 0 Å². The highest BCUT2D eigenvalue weighted by Gasteiger charge is 2.27. The first kappa shape index (κ1) is 13.8. The van der Waals surface area contributed by atoms with Crippen LogP contribution < -0.4 is 5.32 Å². The summed E-state index contributed by atoms with van der Waals surface area (Å²) in [7, 11) is 0. The van der Waals surface area contributed by atoms with Crippen LogP contribution in [0.25, 0.3) is 0 Å². The third kappa shape index (κ3) is 3.67. The van der Waals surface area contributed by atoms with Gasteiger partial charge in [-0.25, -0.2) is 0 Å². The number of rotatable bonds is 5. The van der Waals surface area contributed by atoms with E-state index in [-0.39, 0.29) is 17.1 Å². The van der Waals surface area contributed by atoms with Crippen LogP contribution in [0.2, 0.25) is 0 Å². The number of amides is 1. The SMILES string of the molecule is CCC1OCCC1CNC(=O)C(S)C(C)C. The Balaban J connectivity index is 2.31. The van der Waals surface area contributed by atoms with Crippen LogP contribution in [0.5, 0.6) is 0 Å². The fourth-order valence-electron chi connectivity index (χ4n) is 2.02. The third-order valence-electron chi connectivity index (χ3n) is 3.19. The normalized spacial score (nSPS) is 27.1. The number of nitrogens with one attached hydrogen (secondary N) is 1. The molecular weight excluding hydrogens is 222 g/mol. The molecular formula is C12H23NO2S. The molecule has 1 aliphatic heterocycles. The Hall–Kier alpha value is -0.220. The Kier molecular flexibility index (Phi) is 5.62. The molecule has 0 aliphatic carbocycles. The largest absolute Gasteiger partial charge is 0.378 e. The van der Waals surface area contributed by atoms with Crippen LogP contribution in [0.1, 0.15) is 33.6 Å². The van der Waals surface area contributed by atoms with Crippen molar-refractivity contribution in [3.63, 3.8) is 0 Å². The smallest absolute Gasteiger partial charge is 0.233 e. The molecule has 16 heavy (non-hydrogen) atoms. The van der Waals surface area contributed by atoms with Gasteiger partial charge in [0.15, 0.2) is 0 Å². The Morgan fingerprint density at radius 1 is 1.56 bits per heavy atom. The summed E-state index contributed by atoms with van der Waals surface area (Å²) in [6.07, 6.45) is 2.39. The molecule has 0 aromatic carbocycles. The summed E-state index contributed by atoms with van der Waals surface area (Å²) >= 11 is 4.30. The van der Waals surface area contributed by atoms with Gasteiger partial charge in [0.25, 0.3) is 0 Å². The Morgan fingerprint density at radius 2 is 2.25 bits per heavy atom. The molecule has 0 aromatic rings. The fraction of sp³-hybridized carbons (Fsp3) is 0.917. The van der Waals surface area contributed by atoms with Gasteiger partial charge in [0.1, 0.15) is 0 Å². The highest BCUT2D eigenvalue weighted by atomic mass is 32.1. The molecule has 0 aromatic heterocycles. The zero-order valence-electron chi connectivity index (χ0n) is 10.4. The summed E-state index contributed by atoms with van der Waals surface area (Å²) < 4.78 is 5.58. The van der Waals surface area contributed by atoms with Crippen LogP contribution in [-0.2, 0) is 9.53 Å². The highest BCUT2D eigenvalue weighted by Crippen LogP contribution is 2.22. The number of hydrogen-bond acceptors (Lipinski definition) is 3.